The summed E-state index contributed by atoms with van der Waals surface area (Å²) in [6, 6.07) is 70.1. The lowest BCUT2D eigenvalue weighted by Gasteiger charge is -2.18. The molecule has 0 aliphatic carbocycles. The van der Waals surface area contributed by atoms with Crippen LogP contribution < -0.4 is 0 Å². The van der Waals surface area contributed by atoms with E-state index in [-0.39, 0.29) is 0 Å². The van der Waals surface area contributed by atoms with E-state index >= 15 is 0 Å². The summed E-state index contributed by atoms with van der Waals surface area (Å²) in [4.78, 5) is 0. The molecule has 56 heavy (non-hydrogen) atoms. The molecule has 0 bridgehead atoms. The maximum Gasteiger partial charge on any atom is 0.178 e. The molecule has 0 fully saturated rings. The largest absolute Gasteiger partial charge is 0.452 e. The first kappa shape index (κ1) is 31.0. The summed E-state index contributed by atoms with van der Waals surface area (Å²) in [6.07, 6.45) is 0. The van der Waals surface area contributed by atoms with Crippen molar-refractivity contribution in [2.24, 2.45) is 0 Å². The molecule has 12 aromatic rings. The predicted molar refractivity (Wildman–Crippen MR) is 235 cm³/mol. The fourth-order valence-corrected chi connectivity index (χ4v) is 9.09. The van der Waals surface area contributed by atoms with Crippen molar-refractivity contribution < 1.29 is 8.83 Å². The SMILES string of the molecule is c1cc(-c2ccc3oc4c(ccc5c6ccccc6oc54)c3c2)cc(-c2c3ccccc3c(-c3ccc(-c4cccc5ccccc45)cc3)c3ccccc23)c1. The number of hydrogen-bond donors (Lipinski definition) is 0. The van der Waals surface area contributed by atoms with E-state index in [2.05, 4.69) is 176 Å². The van der Waals surface area contributed by atoms with Gasteiger partial charge in [0.05, 0.1) is 0 Å². The van der Waals surface area contributed by atoms with Crippen LogP contribution in [0.5, 0.6) is 0 Å². The first-order chi connectivity index (χ1) is 27.8. The van der Waals surface area contributed by atoms with Crippen LogP contribution in [-0.2, 0) is 0 Å². The summed E-state index contributed by atoms with van der Waals surface area (Å²) < 4.78 is 12.8. The van der Waals surface area contributed by atoms with Crippen molar-refractivity contribution in [1.82, 2.24) is 0 Å². The Bertz CT molecular complexity index is 3460. The van der Waals surface area contributed by atoms with Crippen molar-refractivity contribution >= 4 is 76.2 Å². The van der Waals surface area contributed by atoms with Gasteiger partial charge >= 0.3 is 0 Å². The predicted octanol–water partition coefficient (Wildman–Crippen LogP) is 15.6. The maximum absolute atomic E-state index is 6.48. The molecule has 0 radical (unpaired) electrons. The molecule has 2 heteroatoms. The molecule has 2 aromatic heterocycles. The van der Waals surface area contributed by atoms with E-state index in [1.54, 1.807) is 0 Å². The highest BCUT2D eigenvalue weighted by atomic mass is 16.4. The van der Waals surface area contributed by atoms with E-state index in [4.69, 9.17) is 8.83 Å². The number of benzene rings is 10. The first-order valence-electron chi connectivity index (χ1n) is 19.2. The number of furan rings is 2. The van der Waals surface area contributed by atoms with Crippen molar-refractivity contribution in [3.63, 3.8) is 0 Å². The minimum absolute atomic E-state index is 0.792. The van der Waals surface area contributed by atoms with Gasteiger partial charge in [-0.15, -0.1) is 0 Å². The van der Waals surface area contributed by atoms with Gasteiger partial charge in [-0.25, -0.2) is 0 Å². The van der Waals surface area contributed by atoms with E-state index in [1.807, 2.05) is 18.2 Å². The third kappa shape index (κ3) is 4.63. The third-order valence-corrected chi connectivity index (χ3v) is 11.7. The fraction of sp³-hybridized carbons (Fsp3) is 0. The molecule has 0 unspecified atom stereocenters. The lowest BCUT2D eigenvalue weighted by Crippen LogP contribution is -1.91. The highest BCUT2D eigenvalue weighted by Gasteiger charge is 2.19. The molecule has 2 nitrogen and oxygen atoms in total. The summed E-state index contributed by atoms with van der Waals surface area (Å²) in [5.74, 6) is 0. The van der Waals surface area contributed by atoms with Gasteiger partial charge in [0, 0.05) is 21.5 Å². The highest BCUT2D eigenvalue weighted by Crippen LogP contribution is 2.45. The smallest absolute Gasteiger partial charge is 0.178 e. The van der Waals surface area contributed by atoms with Crippen LogP contribution in [0.3, 0.4) is 0 Å². The van der Waals surface area contributed by atoms with Gasteiger partial charge in [-0.05, 0) is 113 Å². The Morgan fingerprint density at radius 2 is 0.732 bits per heavy atom. The standard InChI is InChI=1S/C54H32O2/c1-2-15-39-33(11-1)12-10-21-40(39)34-23-25-35(26-24-34)51-42-17-3-5-19-44(42)52(45-20-6-4-18-43(45)51)38-14-9-13-36(31-38)37-27-30-50-48(32-37)47-29-28-46-41-16-7-8-22-49(41)55-53(46)54(47)56-50/h1-32H. The quantitative estimate of drug-likeness (QED) is 0.170. The van der Waals surface area contributed by atoms with E-state index in [9.17, 15) is 0 Å². The Hall–Kier alpha value is -7.42. The van der Waals surface area contributed by atoms with Gasteiger partial charge in [0.1, 0.15) is 11.2 Å². The molecule has 0 amide bonds. The topological polar surface area (TPSA) is 26.3 Å². The number of fused-ring (bicyclic) bond motifs is 10. The van der Waals surface area contributed by atoms with Gasteiger partial charge in [-0.1, -0.05) is 158 Å². The van der Waals surface area contributed by atoms with Crippen LogP contribution in [-0.4, -0.2) is 0 Å². The van der Waals surface area contributed by atoms with E-state index in [0.717, 1.165) is 55.0 Å². The lowest BCUT2D eigenvalue weighted by molar-refractivity contribution is 0.633. The summed E-state index contributed by atoms with van der Waals surface area (Å²) in [7, 11) is 0. The van der Waals surface area contributed by atoms with Crippen molar-refractivity contribution in [3.8, 4) is 44.5 Å². The molecular weight excluding hydrogens is 681 g/mol. The summed E-state index contributed by atoms with van der Waals surface area (Å²) in [6.45, 7) is 0. The second-order valence-electron chi connectivity index (χ2n) is 14.8. The average Bonchev–Trinajstić information content (AvgIpc) is 3.84. The van der Waals surface area contributed by atoms with E-state index < -0.39 is 0 Å². The van der Waals surface area contributed by atoms with Crippen molar-refractivity contribution in [2.75, 3.05) is 0 Å². The van der Waals surface area contributed by atoms with Crippen LogP contribution in [0.25, 0.3) is 121 Å². The molecule has 0 spiro atoms. The second kappa shape index (κ2) is 12.0. The highest BCUT2D eigenvalue weighted by molar-refractivity contribution is 6.22. The Balaban J connectivity index is 0.995. The zero-order chi connectivity index (χ0) is 36.7. The van der Waals surface area contributed by atoms with E-state index in [0.29, 0.717) is 0 Å². The molecule has 0 N–H and O–H groups in total. The Morgan fingerprint density at radius 1 is 0.250 bits per heavy atom. The minimum Gasteiger partial charge on any atom is -0.452 e. The fourth-order valence-electron chi connectivity index (χ4n) is 9.09. The monoisotopic (exact) mass is 712 g/mol. The van der Waals surface area contributed by atoms with Crippen LogP contribution in [0.2, 0.25) is 0 Å². The molecule has 0 saturated heterocycles. The Kier molecular flexibility index (Phi) is 6.66. The molecular formula is C54H32O2. The molecule has 0 saturated carbocycles. The van der Waals surface area contributed by atoms with Gasteiger partial charge in [0.2, 0.25) is 0 Å². The van der Waals surface area contributed by atoms with Crippen molar-refractivity contribution in [2.45, 2.75) is 0 Å². The summed E-state index contributed by atoms with van der Waals surface area (Å²) >= 11 is 0. The number of para-hydroxylation sites is 1. The van der Waals surface area contributed by atoms with E-state index in [1.165, 1.54) is 65.7 Å². The van der Waals surface area contributed by atoms with Gasteiger partial charge in [-0.2, -0.15) is 0 Å². The van der Waals surface area contributed by atoms with Crippen LogP contribution in [0.15, 0.2) is 203 Å². The zero-order valence-electron chi connectivity index (χ0n) is 30.3. The molecule has 10 aromatic carbocycles. The molecule has 0 aliphatic heterocycles. The molecule has 0 atom stereocenters. The molecule has 2 heterocycles. The first-order valence-corrected chi connectivity index (χ1v) is 19.2. The van der Waals surface area contributed by atoms with Crippen molar-refractivity contribution in [3.05, 3.63) is 194 Å². The third-order valence-electron chi connectivity index (χ3n) is 11.7. The second-order valence-corrected chi connectivity index (χ2v) is 14.8. The maximum atomic E-state index is 6.48. The van der Waals surface area contributed by atoms with Crippen LogP contribution >= 0.6 is 0 Å². The summed E-state index contributed by atoms with van der Waals surface area (Å²) in [5, 5.41) is 11.8. The van der Waals surface area contributed by atoms with Gasteiger partial charge < -0.3 is 8.83 Å². The zero-order valence-corrected chi connectivity index (χ0v) is 30.3. The van der Waals surface area contributed by atoms with Crippen LogP contribution in [0, 0.1) is 0 Å². The average molecular weight is 713 g/mol. The normalized spacial score (nSPS) is 11.9. The number of rotatable bonds is 4. The van der Waals surface area contributed by atoms with Gasteiger partial charge in [0.25, 0.3) is 0 Å². The van der Waals surface area contributed by atoms with Gasteiger partial charge in [-0.3, -0.25) is 0 Å². The molecule has 0 aliphatic rings. The van der Waals surface area contributed by atoms with Crippen LogP contribution in [0.4, 0.5) is 0 Å². The van der Waals surface area contributed by atoms with Gasteiger partial charge in [0.15, 0.2) is 11.2 Å². The van der Waals surface area contributed by atoms with Crippen molar-refractivity contribution in [1.29, 1.82) is 0 Å². The van der Waals surface area contributed by atoms with Crippen LogP contribution in [0.1, 0.15) is 0 Å². The lowest BCUT2D eigenvalue weighted by atomic mass is 9.85. The number of hydrogen-bond acceptors (Lipinski definition) is 2. The molecule has 260 valence electrons. The summed E-state index contributed by atoms with van der Waals surface area (Å²) in [5.41, 5.74) is 13.0. The molecule has 12 rings (SSSR count). The Morgan fingerprint density at radius 3 is 1.45 bits per heavy atom. The Labute approximate surface area is 322 Å². The minimum atomic E-state index is 0.792.